The second-order valence-electron chi connectivity index (χ2n) is 5.33. The van der Waals surface area contributed by atoms with Gasteiger partial charge in [0, 0.05) is 29.2 Å². The first-order valence-corrected chi connectivity index (χ1v) is 8.64. The van der Waals surface area contributed by atoms with Gasteiger partial charge in [-0.3, -0.25) is 9.59 Å². The minimum atomic E-state index is -0.800. The highest BCUT2D eigenvalue weighted by Crippen LogP contribution is 2.13. The lowest BCUT2D eigenvalue weighted by Crippen LogP contribution is -2.34. The van der Waals surface area contributed by atoms with Crippen LogP contribution in [0.4, 0.5) is 4.79 Å². The molecule has 2 rings (SSSR count). The summed E-state index contributed by atoms with van der Waals surface area (Å²) in [6.45, 7) is 2.43. The molecule has 0 aliphatic heterocycles. The van der Waals surface area contributed by atoms with Crippen LogP contribution in [0.25, 0.3) is 0 Å². The molecule has 7 nitrogen and oxygen atoms in total. The van der Waals surface area contributed by atoms with Crippen LogP contribution in [0.2, 0.25) is 5.02 Å². The maximum absolute atomic E-state index is 12.1. The first-order valence-electron chi connectivity index (χ1n) is 8.26. The Morgan fingerprint density at radius 3 is 1.81 bits per heavy atom. The average Bonchev–Trinajstić information content (AvgIpc) is 2.66. The lowest BCUT2D eigenvalue weighted by Gasteiger charge is -2.08. The average molecular weight is 391 g/mol. The maximum Gasteiger partial charge on any atom is 0.513 e. The SMILES string of the molecule is CCOC(=O)Oc1ccc(C(=O)NCCNC(=O)c2ccc(Cl)cc2)cc1. The van der Waals surface area contributed by atoms with Crippen molar-refractivity contribution >= 4 is 29.6 Å². The Morgan fingerprint density at radius 2 is 1.33 bits per heavy atom. The molecule has 0 saturated heterocycles. The predicted molar refractivity (Wildman–Crippen MR) is 100 cm³/mol. The second-order valence-corrected chi connectivity index (χ2v) is 5.76. The quantitative estimate of drug-likeness (QED) is 0.430. The van der Waals surface area contributed by atoms with Gasteiger partial charge in [0.05, 0.1) is 6.61 Å². The lowest BCUT2D eigenvalue weighted by atomic mass is 10.2. The van der Waals surface area contributed by atoms with Gasteiger partial charge in [0.1, 0.15) is 5.75 Å². The second kappa shape index (κ2) is 10.2. The van der Waals surface area contributed by atoms with Crippen molar-refractivity contribution in [3.8, 4) is 5.75 Å². The van der Waals surface area contributed by atoms with Crippen molar-refractivity contribution in [1.29, 1.82) is 0 Å². The fourth-order valence-electron chi connectivity index (χ4n) is 2.08. The van der Waals surface area contributed by atoms with Gasteiger partial charge in [0.15, 0.2) is 0 Å². The van der Waals surface area contributed by atoms with Gasteiger partial charge < -0.3 is 20.1 Å². The summed E-state index contributed by atoms with van der Waals surface area (Å²) in [7, 11) is 0. The van der Waals surface area contributed by atoms with E-state index in [0.717, 1.165) is 0 Å². The van der Waals surface area contributed by atoms with Crippen molar-refractivity contribution in [2.24, 2.45) is 0 Å². The lowest BCUT2D eigenvalue weighted by molar-refractivity contribution is 0.0927. The highest BCUT2D eigenvalue weighted by Gasteiger charge is 2.09. The number of nitrogens with one attached hydrogen (secondary N) is 2. The van der Waals surface area contributed by atoms with Crippen LogP contribution in [0.1, 0.15) is 27.6 Å². The van der Waals surface area contributed by atoms with Crippen LogP contribution in [-0.4, -0.2) is 37.7 Å². The van der Waals surface area contributed by atoms with Gasteiger partial charge in [-0.15, -0.1) is 0 Å². The largest absolute Gasteiger partial charge is 0.513 e. The van der Waals surface area contributed by atoms with E-state index in [4.69, 9.17) is 16.3 Å². The molecule has 2 aromatic carbocycles. The third-order valence-corrected chi connectivity index (χ3v) is 3.63. The Balaban J connectivity index is 1.74. The Bertz CT molecular complexity index is 791. The smallest absolute Gasteiger partial charge is 0.434 e. The summed E-state index contributed by atoms with van der Waals surface area (Å²) in [4.78, 5) is 35.2. The van der Waals surface area contributed by atoms with Crippen molar-refractivity contribution in [3.63, 3.8) is 0 Å². The third kappa shape index (κ3) is 6.63. The highest BCUT2D eigenvalue weighted by atomic mass is 35.5. The monoisotopic (exact) mass is 390 g/mol. The number of hydrogen-bond donors (Lipinski definition) is 2. The summed E-state index contributed by atoms with van der Waals surface area (Å²) >= 11 is 5.77. The van der Waals surface area contributed by atoms with Crippen LogP contribution in [0.3, 0.4) is 0 Å². The molecule has 0 radical (unpaired) electrons. The van der Waals surface area contributed by atoms with Gasteiger partial charge in [-0.05, 0) is 55.5 Å². The Kier molecular flexibility index (Phi) is 7.63. The van der Waals surface area contributed by atoms with E-state index in [0.29, 0.717) is 16.1 Å². The summed E-state index contributed by atoms with van der Waals surface area (Å²) in [5, 5.41) is 5.94. The minimum absolute atomic E-state index is 0.216. The van der Waals surface area contributed by atoms with Crippen LogP contribution in [-0.2, 0) is 4.74 Å². The summed E-state index contributed by atoms with van der Waals surface area (Å²) in [6.07, 6.45) is -0.800. The Hall–Kier alpha value is -3.06. The van der Waals surface area contributed by atoms with Crippen molar-refractivity contribution < 1.29 is 23.9 Å². The van der Waals surface area contributed by atoms with E-state index >= 15 is 0 Å². The first kappa shape index (κ1) is 20.3. The number of halogens is 1. The molecule has 0 unspecified atom stereocenters. The molecule has 2 aromatic rings. The van der Waals surface area contributed by atoms with Gasteiger partial charge >= 0.3 is 6.16 Å². The Labute approximate surface area is 161 Å². The van der Waals surface area contributed by atoms with Crippen molar-refractivity contribution in [2.75, 3.05) is 19.7 Å². The molecule has 0 fully saturated rings. The van der Waals surface area contributed by atoms with E-state index in [1.807, 2.05) is 0 Å². The summed E-state index contributed by atoms with van der Waals surface area (Å²) in [5.74, 6) is -0.278. The van der Waals surface area contributed by atoms with Gasteiger partial charge in [-0.25, -0.2) is 4.79 Å². The van der Waals surface area contributed by atoms with Crippen LogP contribution >= 0.6 is 11.6 Å². The van der Waals surface area contributed by atoms with Gasteiger partial charge in [-0.2, -0.15) is 0 Å². The molecule has 0 aliphatic carbocycles. The van der Waals surface area contributed by atoms with Crippen LogP contribution in [0, 0.1) is 0 Å². The number of amides is 2. The molecule has 8 heteroatoms. The van der Waals surface area contributed by atoms with Gasteiger partial charge in [-0.1, -0.05) is 11.6 Å². The fraction of sp³-hybridized carbons (Fsp3) is 0.211. The molecule has 2 amide bonds. The molecule has 0 saturated carbocycles. The zero-order chi connectivity index (χ0) is 19.6. The number of hydrogen-bond acceptors (Lipinski definition) is 5. The number of carbonyl (C=O) groups excluding carboxylic acids is 3. The molecule has 0 spiro atoms. The van der Waals surface area contributed by atoms with Crippen LogP contribution in [0.15, 0.2) is 48.5 Å². The van der Waals surface area contributed by atoms with E-state index < -0.39 is 6.16 Å². The predicted octanol–water partition coefficient (Wildman–Crippen LogP) is 3.04. The van der Waals surface area contributed by atoms with Crippen molar-refractivity contribution in [2.45, 2.75) is 6.92 Å². The van der Waals surface area contributed by atoms with Crippen molar-refractivity contribution in [3.05, 3.63) is 64.7 Å². The topological polar surface area (TPSA) is 93.7 Å². The zero-order valence-electron chi connectivity index (χ0n) is 14.7. The molecule has 0 aliphatic rings. The fourth-order valence-corrected chi connectivity index (χ4v) is 2.20. The standard InChI is InChI=1S/C19H19ClN2O5/c1-2-26-19(25)27-16-9-5-14(6-10-16)18(24)22-12-11-21-17(23)13-3-7-15(20)8-4-13/h3-10H,2,11-12H2,1H3,(H,21,23)(H,22,24). The molecule has 0 heterocycles. The summed E-state index contributed by atoms with van der Waals surface area (Å²) in [6, 6.07) is 12.5. The van der Waals surface area contributed by atoms with Gasteiger partial charge in [0.25, 0.3) is 11.8 Å². The first-order chi connectivity index (χ1) is 13.0. The van der Waals surface area contributed by atoms with E-state index in [1.165, 1.54) is 24.3 Å². The molecular weight excluding hydrogens is 372 g/mol. The van der Waals surface area contributed by atoms with E-state index in [1.54, 1.807) is 31.2 Å². The van der Waals surface area contributed by atoms with Crippen LogP contribution in [0.5, 0.6) is 5.75 Å². The van der Waals surface area contributed by atoms with E-state index in [2.05, 4.69) is 15.4 Å². The normalized spacial score (nSPS) is 10.0. The van der Waals surface area contributed by atoms with E-state index in [-0.39, 0.29) is 37.3 Å². The molecular formula is C19H19ClN2O5. The molecule has 27 heavy (non-hydrogen) atoms. The summed E-state index contributed by atoms with van der Waals surface area (Å²) < 4.78 is 9.58. The molecule has 142 valence electrons. The molecule has 0 aromatic heterocycles. The van der Waals surface area contributed by atoms with Crippen molar-refractivity contribution in [1.82, 2.24) is 10.6 Å². The zero-order valence-corrected chi connectivity index (χ0v) is 15.4. The number of rotatable bonds is 7. The summed E-state index contributed by atoms with van der Waals surface area (Å²) in [5.41, 5.74) is 0.887. The Morgan fingerprint density at radius 1 is 0.852 bits per heavy atom. The number of benzene rings is 2. The maximum atomic E-state index is 12.1. The van der Waals surface area contributed by atoms with Crippen LogP contribution < -0.4 is 15.4 Å². The molecule has 0 bridgehead atoms. The van der Waals surface area contributed by atoms with E-state index in [9.17, 15) is 14.4 Å². The molecule has 2 N–H and O–H groups in total. The van der Waals surface area contributed by atoms with Gasteiger partial charge in [0.2, 0.25) is 0 Å². The minimum Gasteiger partial charge on any atom is -0.434 e. The number of ether oxygens (including phenoxy) is 2. The highest BCUT2D eigenvalue weighted by molar-refractivity contribution is 6.30. The number of carbonyl (C=O) groups is 3. The molecule has 0 atom stereocenters. The third-order valence-electron chi connectivity index (χ3n) is 3.38.